The first-order chi connectivity index (χ1) is 8.61. The first kappa shape index (κ1) is 13.0. The first-order valence-corrected chi connectivity index (χ1v) is 6.50. The highest BCUT2D eigenvalue weighted by Crippen LogP contribution is 2.14. The van der Waals surface area contributed by atoms with E-state index < -0.39 is 0 Å². The minimum absolute atomic E-state index is 0.0542. The number of carbonyl (C=O) groups is 1. The highest BCUT2D eigenvalue weighted by Gasteiger charge is 2.28. The monoisotopic (exact) mass is 251 g/mol. The molecule has 1 atom stereocenters. The Labute approximate surface area is 107 Å². The summed E-state index contributed by atoms with van der Waals surface area (Å²) in [4.78, 5) is 20.7. The Kier molecular flexibility index (Phi) is 3.96. The van der Waals surface area contributed by atoms with Crippen LogP contribution in [0.2, 0.25) is 0 Å². The van der Waals surface area contributed by atoms with Gasteiger partial charge in [-0.25, -0.2) is 4.98 Å². The molecule has 0 bridgehead atoms. The molecule has 1 aromatic rings. The molecule has 1 aliphatic heterocycles. The van der Waals surface area contributed by atoms with Crippen LogP contribution in [0, 0.1) is 6.92 Å². The number of hydrogen-bond acceptors (Lipinski definition) is 4. The molecular weight excluding hydrogens is 230 g/mol. The van der Waals surface area contributed by atoms with Crippen LogP contribution in [0.3, 0.4) is 0 Å². The molecule has 1 fully saturated rings. The van der Waals surface area contributed by atoms with E-state index in [1.807, 2.05) is 4.90 Å². The van der Waals surface area contributed by atoms with E-state index in [1.165, 1.54) is 0 Å². The molecular formula is C12H21N5O. The first-order valence-electron chi connectivity index (χ1n) is 6.50. The molecule has 6 nitrogen and oxygen atoms in total. The van der Waals surface area contributed by atoms with Gasteiger partial charge in [0, 0.05) is 19.1 Å². The standard InChI is InChI=1S/C12H21N5O/c1-4-10-8-16(3)6-5-7-17(10)12(18)11-13-9(2)14-15-11/h10H,4-8H2,1-3H3,(H,13,14,15). The molecule has 1 N–H and O–H groups in total. The van der Waals surface area contributed by atoms with Crippen molar-refractivity contribution in [2.75, 3.05) is 26.7 Å². The van der Waals surface area contributed by atoms with Gasteiger partial charge >= 0.3 is 0 Å². The molecule has 0 aromatic carbocycles. The Morgan fingerprint density at radius 3 is 2.89 bits per heavy atom. The van der Waals surface area contributed by atoms with E-state index >= 15 is 0 Å². The Bertz CT molecular complexity index is 416. The lowest BCUT2D eigenvalue weighted by Crippen LogP contribution is -2.43. The number of likely N-dealkylation sites (N-methyl/N-ethyl adjacent to an activating group) is 1. The SMILES string of the molecule is CCC1CN(C)CCCN1C(=O)c1n[nH]c(C)n1. The van der Waals surface area contributed by atoms with Gasteiger partial charge in [0.25, 0.3) is 5.91 Å². The van der Waals surface area contributed by atoms with Crippen LogP contribution in [0.25, 0.3) is 0 Å². The van der Waals surface area contributed by atoms with Gasteiger partial charge in [0.05, 0.1) is 0 Å². The van der Waals surface area contributed by atoms with Crippen LogP contribution in [0.4, 0.5) is 0 Å². The van der Waals surface area contributed by atoms with Gasteiger partial charge in [-0.3, -0.25) is 9.89 Å². The van der Waals surface area contributed by atoms with Gasteiger partial charge in [-0.15, -0.1) is 5.10 Å². The maximum Gasteiger partial charge on any atom is 0.293 e. The van der Waals surface area contributed by atoms with Crippen LogP contribution in [0.1, 0.15) is 36.2 Å². The molecule has 2 heterocycles. The summed E-state index contributed by atoms with van der Waals surface area (Å²) in [6, 6.07) is 0.254. The number of aromatic amines is 1. The highest BCUT2D eigenvalue weighted by atomic mass is 16.2. The molecule has 1 aliphatic rings. The number of aryl methyl sites for hydroxylation is 1. The van der Waals surface area contributed by atoms with Crippen LogP contribution in [-0.4, -0.2) is 63.6 Å². The van der Waals surface area contributed by atoms with Crippen molar-refractivity contribution >= 4 is 5.91 Å². The Balaban J connectivity index is 2.16. The normalized spacial score (nSPS) is 21.9. The fraction of sp³-hybridized carbons (Fsp3) is 0.750. The minimum Gasteiger partial charge on any atom is -0.332 e. The fourth-order valence-electron chi connectivity index (χ4n) is 2.43. The van der Waals surface area contributed by atoms with Crippen molar-refractivity contribution in [2.24, 2.45) is 0 Å². The van der Waals surface area contributed by atoms with Gasteiger partial charge in [-0.2, -0.15) is 0 Å². The van der Waals surface area contributed by atoms with Crippen LogP contribution in [0.15, 0.2) is 0 Å². The smallest absolute Gasteiger partial charge is 0.293 e. The second-order valence-electron chi connectivity index (χ2n) is 4.92. The maximum atomic E-state index is 12.4. The number of rotatable bonds is 2. The molecule has 1 amide bonds. The molecule has 2 rings (SSSR count). The second kappa shape index (κ2) is 5.48. The number of nitrogens with one attached hydrogen (secondary N) is 1. The van der Waals surface area contributed by atoms with Crippen molar-refractivity contribution in [3.8, 4) is 0 Å². The lowest BCUT2D eigenvalue weighted by atomic mass is 10.2. The number of hydrogen-bond donors (Lipinski definition) is 1. The van der Waals surface area contributed by atoms with Gasteiger partial charge in [0.1, 0.15) is 5.82 Å². The predicted molar refractivity (Wildman–Crippen MR) is 68.3 cm³/mol. The van der Waals surface area contributed by atoms with Gasteiger partial charge in [-0.1, -0.05) is 6.92 Å². The van der Waals surface area contributed by atoms with Crippen molar-refractivity contribution in [3.63, 3.8) is 0 Å². The van der Waals surface area contributed by atoms with Crippen molar-refractivity contribution in [2.45, 2.75) is 32.7 Å². The van der Waals surface area contributed by atoms with E-state index in [-0.39, 0.29) is 17.8 Å². The minimum atomic E-state index is -0.0542. The van der Waals surface area contributed by atoms with Crippen molar-refractivity contribution < 1.29 is 4.79 Å². The zero-order valence-corrected chi connectivity index (χ0v) is 11.3. The Morgan fingerprint density at radius 2 is 2.28 bits per heavy atom. The van der Waals surface area contributed by atoms with Gasteiger partial charge in [-0.05, 0) is 33.4 Å². The third kappa shape index (κ3) is 2.69. The highest BCUT2D eigenvalue weighted by molar-refractivity contribution is 5.90. The lowest BCUT2D eigenvalue weighted by molar-refractivity contribution is 0.0663. The average molecular weight is 251 g/mol. The molecule has 1 aromatic heterocycles. The number of H-pyrrole nitrogens is 1. The number of aromatic nitrogens is 3. The van der Waals surface area contributed by atoms with E-state index in [0.717, 1.165) is 32.5 Å². The Morgan fingerprint density at radius 1 is 1.50 bits per heavy atom. The maximum absolute atomic E-state index is 12.4. The molecule has 0 saturated carbocycles. The lowest BCUT2D eigenvalue weighted by Gasteiger charge is -2.29. The van der Waals surface area contributed by atoms with Crippen molar-refractivity contribution in [1.29, 1.82) is 0 Å². The van der Waals surface area contributed by atoms with E-state index in [9.17, 15) is 4.79 Å². The summed E-state index contributed by atoms with van der Waals surface area (Å²) in [6.45, 7) is 6.67. The molecule has 0 spiro atoms. The summed E-state index contributed by atoms with van der Waals surface area (Å²) in [7, 11) is 2.10. The predicted octanol–water partition coefficient (Wildman–Crippen LogP) is 0.669. The summed E-state index contributed by atoms with van der Waals surface area (Å²) in [5, 5.41) is 6.70. The largest absolute Gasteiger partial charge is 0.332 e. The summed E-state index contributed by atoms with van der Waals surface area (Å²) in [5.41, 5.74) is 0. The average Bonchev–Trinajstić information content (AvgIpc) is 2.68. The van der Waals surface area contributed by atoms with Crippen LogP contribution in [0.5, 0.6) is 0 Å². The molecule has 100 valence electrons. The summed E-state index contributed by atoms with van der Waals surface area (Å²) >= 11 is 0. The fourth-order valence-corrected chi connectivity index (χ4v) is 2.43. The van der Waals surface area contributed by atoms with Crippen LogP contribution < -0.4 is 0 Å². The second-order valence-corrected chi connectivity index (χ2v) is 4.92. The number of nitrogens with zero attached hydrogens (tertiary/aromatic N) is 4. The van der Waals surface area contributed by atoms with E-state index in [1.54, 1.807) is 6.92 Å². The topological polar surface area (TPSA) is 65.1 Å². The summed E-state index contributed by atoms with van der Waals surface area (Å²) in [5.74, 6) is 0.912. The molecule has 0 aliphatic carbocycles. The van der Waals surface area contributed by atoms with Gasteiger partial charge in [0.15, 0.2) is 0 Å². The van der Waals surface area contributed by atoms with Gasteiger partial charge in [0.2, 0.25) is 5.82 Å². The molecule has 1 saturated heterocycles. The molecule has 18 heavy (non-hydrogen) atoms. The summed E-state index contributed by atoms with van der Waals surface area (Å²) < 4.78 is 0. The molecule has 0 radical (unpaired) electrons. The summed E-state index contributed by atoms with van der Waals surface area (Å²) in [6.07, 6.45) is 1.96. The molecule has 6 heteroatoms. The zero-order chi connectivity index (χ0) is 13.1. The van der Waals surface area contributed by atoms with Crippen LogP contribution >= 0.6 is 0 Å². The van der Waals surface area contributed by atoms with Crippen LogP contribution in [-0.2, 0) is 0 Å². The Hall–Kier alpha value is -1.43. The molecule has 1 unspecified atom stereocenters. The zero-order valence-electron chi connectivity index (χ0n) is 11.3. The van der Waals surface area contributed by atoms with Crippen molar-refractivity contribution in [3.05, 3.63) is 11.6 Å². The van der Waals surface area contributed by atoms with E-state index in [4.69, 9.17) is 0 Å². The van der Waals surface area contributed by atoms with E-state index in [2.05, 4.69) is 34.1 Å². The van der Waals surface area contributed by atoms with E-state index in [0.29, 0.717) is 5.82 Å². The van der Waals surface area contributed by atoms with Gasteiger partial charge < -0.3 is 9.80 Å². The number of carbonyl (C=O) groups excluding carboxylic acids is 1. The quantitative estimate of drug-likeness (QED) is 0.839. The van der Waals surface area contributed by atoms with Crippen molar-refractivity contribution in [1.82, 2.24) is 25.0 Å². The number of amides is 1. The third-order valence-corrected chi connectivity index (χ3v) is 3.42. The third-order valence-electron chi connectivity index (χ3n) is 3.42.